The van der Waals surface area contributed by atoms with Crippen LogP contribution in [0.2, 0.25) is 0 Å². The van der Waals surface area contributed by atoms with E-state index in [9.17, 15) is 18.6 Å². The lowest BCUT2D eigenvalue weighted by molar-refractivity contribution is -0.129. The highest BCUT2D eigenvalue weighted by Crippen LogP contribution is 2.25. The molecule has 0 heterocycles. The number of likely N-dealkylation sites (N-methyl/N-ethyl adjacent to an activating group) is 1. The minimum absolute atomic E-state index is 0.0376. The van der Waals surface area contributed by atoms with Crippen molar-refractivity contribution in [2.24, 2.45) is 0 Å². The maximum absolute atomic E-state index is 12.9. The van der Waals surface area contributed by atoms with E-state index in [1.54, 1.807) is 27.0 Å². The summed E-state index contributed by atoms with van der Waals surface area (Å²) in [6, 6.07) is 2.95. The Labute approximate surface area is 177 Å². The van der Waals surface area contributed by atoms with E-state index in [0.29, 0.717) is 17.7 Å². The molecule has 0 radical (unpaired) electrons. The second-order valence-corrected chi connectivity index (χ2v) is 7.88. The third kappa shape index (κ3) is 6.64. The number of aliphatic carboxylic acids is 1. The minimum atomic E-state index is -1.87. The van der Waals surface area contributed by atoms with Crippen LogP contribution in [0.15, 0.2) is 41.1 Å². The number of hydrogen-bond acceptors (Lipinski definition) is 6. The number of nitrogens with two attached hydrogens (primary N) is 1. The number of allylic oxidation sites excluding steroid dienone is 2. The molecule has 0 aliphatic carbocycles. The molecule has 1 unspecified atom stereocenters. The number of nitrogen functional groups attached to an aromatic ring is 1. The fourth-order valence-corrected chi connectivity index (χ4v) is 3.46. The Hall–Kier alpha value is -3.31. The van der Waals surface area contributed by atoms with Gasteiger partial charge in [-0.3, -0.25) is 15.0 Å². The lowest BCUT2D eigenvalue weighted by Gasteiger charge is -2.18. The quantitative estimate of drug-likeness (QED) is 0.182. The third-order valence-corrected chi connectivity index (χ3v) is 5.27. The third-order valence-electron chi connectivity index (χ3n) is 3.86. The summed E-state index contributed by atoms with van der Waals surface area (Å²) in [5.41, 5.74) is 6.15. The highest BCUT2D eigenvalue weighted by molar-refractivity contribution is 7.82. The van der Waals surface area contributed by atoms with Crippen molar-refractivity contribution in [2.75, 3.05) is 26.4 Å². The molecule has 30 heavy (non-hydrogen) atoms. The topological polar surface area (TPSA) is 157 Å². The average Bonchev–Trinajstić information content (AvgIpc) is 2.70. The number of carboxylic acid groups (broad SMARTS) is 1. The minimum Gasteiger partial charge on any atom is -0.477 e. The number of nitrogens with zero attached hydrogens (tertiary/aromatic N) is 2. The molecular formula is C19H25N5O5S. The van der Waals surface area contributed by atoms with E-state index in [-0.39, 0.29) is 22.7 Å². The van der Waals surface area contributed by atoms with Gasteiger partial charge in [0.2, 0.25) is 12.3 Å². The molecule has 5 N–H and O–H groups in total. The van der Waals surface area contributed by atoms with E-state index in [4.69, 9.17) is 16.2 Å². The van der Waals surface area contributed by atoms with Gasteiger partial charge in [-0.1, -0.05) is 6.08 Å². The molecule has 1 atom stereocenters. The molecular weight excluding hydrogens is 410 g/mol. The number of carbonyl (C=O) groups excluding carboxylic acids is 2. The van der Waals surface area contributed by atoms with Crippen LogP contribution in [0.4, 0.5) is 5.69 Å². The number of aryl methyl sites for hydroxylation is 1. The van der Waals surface area contributed by atoms with Gasteiger partial charge in [0.15, 0.2) is 0 Å². The lowest BCUT2D eigenvalue weighted by Crippen LogP contribution is -2.35. The van der Waals surface area contributed by atoms with Crippen LogP contribution in [0, 0.1) is 12.3 Å². The molecule has 11 heteroatoms. The van der Waals surface area contributed by atoms with Gasteiger partial charge in [0.05, 0.1) is 17.1 Å². The zero-order chi connectivity index (χ0) is 23.0. The van der Waals surface area contributed by atoms with E-state index in [2.05, 4.69) is 5.32 Å². The molecule has 1 rings (SSSR count). The van der Waals surface area contributed by atoms with Gasteiger partial charge < -0.3 is 21.1 Å². The number of carbonyl (C=O) groups is 3. The summed E-state index contributed by atoms with van der Waals surface area (Å²) in [6.07, 6.45) is 5.24. The highest BCUT2D eigenvalue weighted by Gasteiger charge is 2.22. The molecule has 0 aliphatic heterocycles. The maximum Gasteiger partial charge on any atom is 0.354 e. The predicted molar refractivity (Wildman–Crippen MR) is 114 cm³/mol. The van der Waals surface area contributed by atoms with Crippen molar-refractivity contribution >= 4 is 40.7 Å². The van der Waals surface area contributed by atoms with Crippen LogP contribution < -0.4 is 11.1 Å². The van der Waals surface area contributed by atoms with Crippen molar-refractivity contribution in [3.8, 4) is 0 Å². The Morgan fingerprint density at radius 1 is 1.33 bits per heavy atom. The second kappa shape index (κ2) is 11.0. The van der Waals surface area contributed by atoms with Crippen molar-refractivity contribution in [1.82, 2.24) is 14.5 Å². The summed E-state index contributed by atoms with van der Waals surface area (Å²) in [5, 5.41) is 19.4. The van der Waals surface area contributed by atoms with Gasteiger partial charge in [-0.25, -0.2) is 13.3 Å². The first-order valence-electron chi connectivity index (χ1n) is 8.68. The van der Waals surface area contributed by atoms with Crippen molar-refractivity contribution in [1.29, 1.82) is 5.41 Å². The number of amides is 2. The zero-order valence-corrected chi connectivity index (χ0v) is 17.9. The SMILES string of the molecule is C/C=C(\C=C/N(C)C=O)NC(=O)CN(C)S(=O)c1cc(C)cc(C(=N)C(=O)O)c1N. The first-order chi connectivity index (χ1) is 14.0. The molecule has 0 aliphatic rings. The van der Waals surface area contributed by atoms with Crippen LogP contribution in [-0.2, 0) is 25.4 Å². The fourth-order valence-electron chi connectivity index (χ4n) is 2.30. The van der Waals surface area contributed by atoms with Gasteiger partial charge in [0.1, 0.15) is 16.7 Å². The van der Waals surface area contributed by atoms with Crippen LogP contribution in [0.25, 0.3) is 0 Å². The normalized spacial score (nSPS) is 12.6. The molecule has 2 amide bonds. The first kappa shape index (κ1) is 24.7. The van der Waals surface area contributed by atoms with Crippen LogP contribution in [0.5, 0.6) is 0 Å². The molecule has 0 bridgehead atoms. The lowest BCUT2D eigenvalue weighted by atomic mass is 10.1. The van der Waals surface area contributed by atoms with Crippen LogP contribution in [0.3, 0.4) is 0 Å². The molecule has 0 aromatic heterocycles. The van der Waals surface area contributed by atoms with E-state index in [0.717, 1.165) is 0 Å². The Balaban J connectivity index is 2.99. The first-order valence-corrected chi connectivity index (χ1v) is 9.79. The largest absolute Gasteiger partial charge is 0.477 e. The van der Waals surface area contributed by atoms with Gasteiger partial charge in [-0.05, 0) is 37.6 Å². The van der Waals surface area contributed by atoms with E-state index in [1.165, 1.54) is 40.7 Å². The molecule has 1 aromatic rings. The van der Waals surface area contributed by atoms with Crippen molar-refractivity contribution < 1.29 is 23.7 Å². The second-order valence-electron chi connectivity index (χ2n) is 6.32. The Morgan fingerprint density at radius 3 is 2.50 bits per heavy atom. The van der Waals surface area contributed by atoms with Crippen molar-refractivity contribution in [3.05, 3.63) is 47.3 Å². The fraction of sp³-hybridized carbons (Fsp3) is 0.263. The van der Waals surface area contributed by atoms with Gasteiger partial charge in [0, 0.05) is 31.6 Å². The Bertz CT molecular complexity index is 941. The van der Waals surface area contributed by atoms with Crippen LogP contribution in [-0.4, -0.2) is 63.2 Å². The standard InChI is InChI=1S/C19H25N5O5S/c1-5-13(6-7-23(3)11-25)22-16(26)10-24(4)30(29)15-9-12(2)8-14(17(15)20)18(21)19(27)28/h5-9,11,21H,10,20H2,1-4H3,(H,22,26)(H,27,28)/b7-6-,13-5+,21-18?. The molecule has 0 fully saturated rings. The molecule has 0 saturated heterocycles. The molecule has 0 spiro atoms. The van der Waals surface area contributed by atoms with Gasteiger partial charge in [-0.15, -0.1) is 0 Å². The van der Waals surface area contributed by atoms with Gasteiger partial charge >= 0.3 is 5.97 Å². The average molecular weight is 436 g/mol. The van der Waals surface area contributed by atoms with Gasteiger partial charge in [-0.2, -0.15) is 0 Å². The van der Waals surface area contributed by atoms with Crippen LogP contribution >= 0.6 is 0 Å². The number of nitrogens with one attached hydrogen (secondary N) is 2. The smallest absolute Gasteiger partial charge is 0.354 e. The maximum atomic E-state index is 12.9. The monoisotopic (exact) mass is 435 g/mol. The van der Waals surface area contributed by atoms with Gasteiger partial charge in [0.25, 0.3) is 0 Å². The van der Waals surface area contributed by atoms with Crippen molar-refractivity contribution in [2.45, 2.75) is 18.7 Å². The predicted octanol–water partition coefficient (Wildman–Crippen LogP) is 0.606. The Kier molecular flexibility index (Phi) is 9.09. The summed E-state index contributed by atoms with van der Waals surface area (Å²) in [6.45, 7) is 3.11. The number of carboxylic acids is 1. The molecule has 162 valence electrons. The number of anilines is 1. The van der Waals surface area contributed by atoms with Crippen molar-refractivity contribution in [3.63, 3.8) is 0 Å². The van der Waals surface area contributed by atoms with Crippen LogP contribution in [0.1, 0.15) is 18.1 Å². The Morgan fingerprint density at radius 2 is 1.97 bits per heavy atom. The summed E-state index contributed by atoms with van der Waals surface area (Å²) >= 11 is 0. The summed E-state index contributed by atoms with van der Waals surface area (Å²) in [4.78, 5) is 35.4. The zero-order valence-electron chi connectivity index (χ0n) is 17.1. The number of benzene rings is 1. The number of rotatable bonds is 10. The highest BCUT2D eigenvalue weighted by atomic mass is 32.2. The summed E-state index contributed by atoms with van der Waals surface area (Å²) < 4.78 is 14.1. The molecule has 0 saturated carbocycles. The molecule has 10 nitrogen and oxygen atoms in total. The molecule has 1 aromatic carbocycles. The van der Waals surface area contributed by atoms with E-state index >= 15 is 0 Å². The number of hydrogen-bond donors (Lipinski definition) is 4. The van der Waals surface area contributed by atoms with E-state index < -0.39 is 28.6 Å². The van der Waals surface area contributed by atoms with E-state index in [1.807, 2.05) is 0 Å². The summed E-state index contributed by atoms with van der Waals surface area (Å²) in [5.74, 6) is -1.91. The summed E-state index contributed by atoms with van der Waals surface area (Å²) in [7, 11) is 1.12.